The number of hydrogen-bond acceptors (Lipinski definition) is 4. The zero-order valence-corrected chi connectivity index (χ0v) is 11.5. The average molecular weight is 269 g/mol. The van der Waals surface area contributed by atoms with Gasteiger partial charge in [0.05, 0.1) is 11.2 Å². The van der Waals surface area contributed by atoms with Gasteiger partial charge in [0.15, 0.2) is 0 Å². The number of benzene rings is 1. The van der Waals surface area contributed by atoms with Crippen molar-refractivity contribution < 1.29 is 15.0 Å². The Morgan fingerprint density at radius 1 is 1.50 bits per heavy atom. The van der Waals surface area contributed by atoms with Crippen molar-refractivity contribution in [1.29, 1.82) is 0 Å². The lowest BCUT2D eigenvalue weighted by molar-refractivity contribution is 0.0696. The topological polar surface area (TPSA) is 69.6 Å². The third-order valence-electron chi connectivity index (χ3n) is 2.46. The van der Waals surface area contributed by atoms with Gasteiger partial charge in [-0.3, -0.25) is 0 Å². The van der Waals surface area contributed by atoms with Gasteiger partial charge in [-0.15, -0.1) is 0 Å². The number of hydrogen-bond donors (Lipinski definition) is 3. The van der Waals surface area contributed by atoms with Crippen LogP contribution in [0.1, 0.15) is 22.8 Å². The predicted octanol–water partition coefficient (Wildman–Crippen LogP) is 1.59. The first-order chi connectivity index (χ1) is 8.44. The SMILES string of the molecule is CSCC(C)(O)CNCc1cccc(C(=O)O)c1. The van der Waals surface area contributed by atoms with Crippen molar-refractivity contribution in [1.82, 2.24) is 5.32 Å². The highest BCUT2D eigenvalue weighted by atomic mass is 32.2. The minimum absolute atomic E-state index is 0.283. The number of rotatable bonds is 7. The van der Waals surface area contributed by atoms with Crippen LogP contribution in [-0.4, -0.2) is 40.3 Å². The van der Waals surface area contributed by atoms with Gasteiger partial charge in [0, 0.05) is 18.8 Å². The van der Waals surface area contributed by atoms with Gasteiger partial charge in [-0.25, -0.2) is 4.79 Å². The van der Waals surface area contributed by atoms with E-state index in [1.807, 2.05) is 12.3 Å². The smallest absolute Gasteiger partial charge is 0.335 e. The summed E-state index contributed by atoms with van der Waals surface area (Å²) in [5.74, 6) is -0.263. The summed E-state index contributed by atoms with van der Waals surface area (Å²) in [7, 11) is 0. The molecule has 1 aromatic rings. The maximum atomic E-state index is 10.8. The molecule has 0 amide bonds. The number of carboxylic acids is 1. The fraction of sp³-hybridized carbons (Fsp3) is 0.462. The van der Waals surface area contributed by atoms with Crippen LogP contribution in [0.15, 0.2) is 24.3 Å². The van der Waals surface area contributed by atoms with Crippen molar-refractivity contribution in [2.45, 2.75) is 19.1 Å². The molecule has 1 unspecified atom stereocenters. The molecule has 3 N–H and O–H groups in total. The van der Waals surface area contributed by atoms with Crippen molar-refractivity contribution in [2.24, 2.45) is 0 Å². The predicted molar refractivity (Wildman–Crippen MR) is 74.1 cm³/mol. The second kappa shape index (κ2) is 6.78. The summed E-state index contributed by atoms with van der Waals surface area (Å²) in [6, 6.07) is 6.79. The van der Waals surface area contributed by atoms with Crippen LogP contribution in [-0.2, 0) is 6.54 Å². The average Bonchev–Trinajstić information content (AvgIpc) is 2.29. The van der Waals surface area contributed by atoms with E-state index in [1.54, 1.807) is 36.9 Å². The molecule has 100 valence electrons. The lowest BCUT2D eigenvalue weighted by Gasteiger charge is -2.22. The van der Waals surface area contributed by atoms with E-state index in [0.29, 0.717) is 18.8 Å². The van der Waals surface area contributed by atoms with Crippen molar-refractivity contribution in [3.8, 4) is 0 Å². The first kappa shape index (κ1) is 15.0. The molecule has 18 heavy (non-hydrogen) atoms. The highest BCUT2D eigenvalue weighted by Gasteiger charge is 2.18. The van der Waals surface area contributed by atoms with Crippen LogP contribution in [0.2, 0.25) is 0 Å². The first-order valence-corrected chi connectivity index (χ1v) is 7.08. The van der Waals surface area contributed by atoms with Crippen LogP contribution in [0.25, 0.3) is 0 Å². The van der Waals surface area contributed by atoms with Crippen molar-refractivity contribution in [3.05, 3.63) is 35.4 Å². The molecule has 0 aliphatic carbocycles. The van der Waals surface area contributed by atoms with Gasteiger partial charge < -0.3 is 15.5 Å². The van der Waals surface area contributed by atoms with Gasteiger partial charge in [-0.2, -0.15) is 11.8 Å². The number of aliphatic hydroxyl groups is 1. The molecule has 1 rings (SSSR count). The molecule has 4 nitrogen and oxygen atoms in total. The highest BCUT2D eigenvalue weighted by Crippen LogP contribution is 2.10. The van der Waals surface area contributed by atoms with E-state index in [0.717, 1.165) is 5.56 Å². The van der Waals surface area contributed by atoms with Gasteiger partial charge in [0.25, 0.3) is 0 Å². The molecule has 0 bridgehead atoms. The molecule has 0 aromatic heterocycles. The van der Waals surface area contributed by atoms with Gasteiger partial charge >= 0.3 is 5.97 Å². The minimum Gasteiger partial charge on any atom is -0.478 e. The van der Waals surface area contributed by atoms with E-state index in [9.17, 15) is 9.90 Å². The van der Waals surface area contributed by atoms with E-state index in [2.05, 4.69) is 5.32 Å². The molecule has 0 aliphatic heterocycles. The fourth-order valence-corrected chi connectivity index (χ4v) is 2.38. The Bertz CT molecular complexity index is 407. The maximum absolute atomic E-state index is 10.8. The summed E-state index contributed by atoms with van der Waals surface area (Å²) in [4.78, 5) is 10.8. The Balaban J connectivity index is 2.49. The highest BCUT2D eigenvalue weighted by molar-refractivity contribution is 7.98. The Kier molecular flexibility index (Phi) is 5.65. The van der Waals surface area contributed by atoms with E-state index in [1.165, 1.54) is 0 Å². The molecule has 0 radical (unpaired) electrons. The third kappa shape index (κ3) is 5.08. The normalized spacial score (nSPS) is 14.2. The summed E-state index contributed by atoms with van der Waals surface area (Å²) in [6.45, 7) is 2.81. The van der Waals surface area contributed by atoms with Crippen LogP contribution in [0.3, 0.4) is 0 Å². The summed E-state index contributed by atoms with van der Waals surface area (Å²) < 4.78 is 0. The summed E-state index contributed by atoms with van der Waals surface area (Å²) in [5, 5.41) is 22.0. The Morgan fingerprint density at radius 3 is 2.83 bits per heavy atom. The number of thioether (sulfide) groups is 1. The molecule has 0 saturated carbocycles. The zero-order chi connectivity index (χ0) is 13.6. The molecule has 1 aromatic carbocycles. The third-order valence-corrected chi connectivity index (χ3v) is 3.37. The molecular formula is C13H19NO3S. The summed E-state index contributed by atoms with van der Waals surface area (Å²) in [6.07, 6.45) is 1.95. The number of carboxylic acid groups (broad SMARTS) is 1. The molecule has 0 heterocycles. The number of nitrogens with one attached hydrogen (secondary N) is 1. The summed E-state index contributed by atoms with van der Waals surface area (Å²) >= 11 is 1.59. The Labute approximate surface area is 111 Å². The van der Waals surface area contributed by atoms with Crippen molar-refractivity contribution in [2.75, 3.05) is 18.6 Å². The number of carbonyl (C=O) groups is 1. The van der Waals surface area contributed by atoms with Crippen molar-refractivity contribution >= 4 is 17.7 Å². The van der Waals surface area contributed by atoms with Crippen LogP contribution < -0.4 is 5.32 Å². The van der Waals surface area contributed by atoms with Gasteiger partial charge in [-0.1, -0.05) is 12.1 Å². The summed E-state index contributed by atoms with van der Waals surface area (Å²) in [5.41, 5.74) is 0.434. The molecular weight excluding hydrogens is 250 g/mol. The quantitative estimate of drug-likeness (QED) is 0.701. The minimum atomic E-state index is -0.925. The van der Waals surface area contributed by atoms with Crippen LogP contribution >= 0.6 is 11.8 Å². The van der Waals surface area contributed by atoms with Gasteiger partial charge in [0.2, 0.25) is 0 Å². The maximum Gasteiger partial charge on any atom is 0.335 e. The molecule has 0 spiro atoms. The van der Waals surface area contributed by atoms with Gasteiger partial charge in [-0.05, 0) is 30.9 Å². The Hall–Kier alpha value is -1.04. The first-order valence-electron chi connectivity index (χ1n) is 5.69. The zero-order valence-electron chi connectivity index (χ0n) is 10.6. The van der Waals surface area contributed by atoms with E-state index in [4.69, 9.17) is 5.11 Å². The lowest BCUT2D eigenvalue weighted by Crippen LogP contribution is -2.39. The van der Waals surface area contributed by atoms with Gasteiger partial charge in [0.1, 0.15) is 0 Å². The lowest BCUT2D eigenvalue weighted by atomic mass is 10.1. The second-order valence-corrected chi connectivity index (χ2v) is 5.41. The fourth-order valence-electron chi connectivity index (χ4n) is 1.65. The van der Waals surface area contributed by atoms with E-state index >= 15 is 0 Å². The van der Waals surface area contributed by atoms with Crippen LogP contribution in [0.4, 0.5) is 0 Å². The monoisotopic (exact) mass is 269 g/mol. The molecule has 1 atom stereocenters. The Morgan fingerprint density at radius 2 is 2.22 bits per heavy atom. The molecule has 0 aliphatic rings. The molecule has 0 saturated heterocycles. The van der Waals surface area contributed by atoms with Crippen LogP contribution in [0.5, 0.6) is 0 Å². The second-order valence-electron chi connectivity index (χ2n) is 4.54. The number of aromatic carboxylic acids is 1. The molecule has 0 fully saturated rings. The van der Waals surface area contributed by atoms with Crippen LogP contribution in [0, 0.1) is 0 Å². The molecule has 5 heteroatoms. The standard InChI is InChI=1S/C13H19NO3S/c1-13(17,9-18-2)8-14-7-10-4-3-5-11(6-10)12(15)16/h3-6,14,17H,7-9H2,1-2H3,(H,15,16). The largest absolute Gasteiger partial charge is 0.478 e. The van der Waals surface area contributed by atoms with Crippen molar-refractivity contribution in [3.63, 3.8) is 0 Å². The van der Waals surface area contributed by atoms with E-state index in [-0.39, 0.29) is 5.56 Å². The van der Waals surface area contributed by atoms with E-state index < -0.39 is 11.6 Å².